The number of rotatable bonds is 10. The number of hydrogen-bond donors (Lipinski definition) is 1. The van der Waals surface area contributed by atoms with Gasteiger partial charge in [-0.25, -0.2) is 0 Å². The van der Waals surface area contributed by atoms with Crippen molar-refractivity contribution in [3.05, 3.63) is 36.0 Å². The lowest BCUT2D eigenvalue weighted by Crippen LogP contribution is -2.51. The van der Waals surface area contributed by atoms with E-state index in [-0.39, 0.29) is 36.2 Å². The number of allylic oxidation sites excluding steroid dienone is 2. The second-order valence-corrected chi connectivity index (χ2v) is 10.8. The third-order valence-corrected chi connectivity index (χ3v) is 7.34. The predicted molar refractivity (Wildman–Crippen MR) is 142 cm³/mol. The minimum Gasteiger partial charge on any atom is -0.459 e. The van der Waals surface area contributed by atoms with Crippen LogP contribution in [0.25, 0.3) is 0 Å². The molecule has 10 nitrogen and oxygen atoms in total. The van der Waals surface area contributed by atoms with Crippen LogP contribution in [0, 0.1) is 5.92 Å². The minimum absolute atomic E-state index is 0.0187. The average molecular weight is 550 g/mol. The first-order valence-electron chi connectivity index (χ1n) is 13.6. The Labute approximate surface area is 231 Å². The fraction of sp³-hybridized carbons (Fsp3) is 0.690. The van der Waals surface area contributed by atoms with E-state index >= 15 is 0 Å². The monoisotopic (exact) mass is 549 g/mol. The first kappa shape index (κ1) is 31.0. The molecule has 0 radical (unpaired) electrons. The van der Waals surface area contributed by atoms with Crippen LogP contribution in [0.2, 0.25) is 0 Å². The van der Waals surface area contributed by atoms with E-state index in [2.05, 4.69) is 18.3 Å². The molecule has 0 unspecified atom stereocenters. The van der Waals surface area contributed by atoms with Gasteiger partial charge in [0.25, 0.3) is 0 Å². The van der Waals surface area contributed by atoms with Crippen molar-refractivity contribution in [1.82, 2.24) is 5.32 Å². The molecule has 3 aliphatic heterocycles. The van der Waals surface area contributed by atoms with Crippen LogP contribution < -0.4 is 5.32 Å². The largest absolute Gasteiger partial charge is 0.459 e. The zero-order valence-corrected chi connectivity index (χ0v) is 24.0. The molecule has 0 aromatic carbocycles. The number of nitrogens with one attached hydrogen (secondary N) is 1. The molecule has 3 rings (SSSR count). The summed E-state index contributed by atoms with van der Waals surface area (Å²) in [7, 11) is 1.63. The molecule has 9 atom stereocenters. The number of ether oxygens (including phenoxy) is 6. The van der Waals surface area contributed by atoms with E-state index in [1.165, 1.54) is 19.9 Å². The van der Waals surface area contributed by atoms with Crippen LogP contribution >= 0.6 is 0 Å². The summed E-state index contributed by atoms with van der Waals surface area (Å²) in [5.74, 6) is -0.792. The summed E-state index contributed by atoms with van der Waals surface area (Å²) >= 11 is 0. The SMILES string of the molecule is CO[C@@H]1[C@@H](/C=C/C(C)=C/C[C@@H]2O[C@H](C)[C@H](NC(=O)/C=C\[C@H](C)OC(C)=O)C[C@@H]2C)O[C@@H](OC(C)=O)C[C@@]12CO2. The van der Waals surface area contributed by atoms with E-state index < -0.39 is 36.0 Å². The number of carbonyl (C=O) groups is 3. The van der Waals surface area contributed by atoms with Crippen LogP contribution in [0.4, 0.5) is 0 Å². The number of methoxy groups -OCH3 is 1. The van der Waals surface area contributed by atoms with Crippen LogP contribution in [0.5, 0.6) is 0 Å². The highest BCUT2D eigenvalue weighted by molar-refractivity contribution is 5.87. The van der Waals surface area contributed by atoms with Gasteiger partial charge in [-0.15, -0.1) is 0 Å². The Morgan fingerprint density at radius 3 is 2.44 bits per heavy atom. The van der Waals surface area contributed by atoms with E-state index in [0.29, 0.717) is 13.0 Å². The molecular formula is C29H43NO9. The van der Waals surface area contributed by atoms with E-state index in [0.717, 1.165) is 18.4 Å². The van der Waals surface area contributed by atoms with Gasteiger partial charge in [0.05, 0.1) is 24.9 Å². The molecule has 39 heavy (non-hydrogen) atoms. The normalized spacial score (nSPS) is 35.7. The van der Waals surface area contributed by atoms with Gasteiger partial charge in [-0.05, 0) is 45.6 Å². The fourth-order valence-electron chi connectivity index (χ4n) is 5.20. The highest BCUT2D eigenvalue weighted by Crippen LogP contribution is 2.44. The second-order valence-electron chi connectivity index (χ2n) is 10.8. The molecule has 0 bridgehead atoms. The van der Waals surface area contributed by atoms with Crippen molar-refractivity contribution < 1.29 is 42.8 Å². The Hall–Kier alpha value is -2.53. The second kappa shape index (κ2) is 13.7. The number of amides is 1. The summed E-state index contributed by atoms with van der Waals surface area (Å²) < 4.78 is 34.0. The topological polar surface area (TPSA) is 122 Å². The van der Waals surface area contributed by atoms with Crippen LogP contribution in [0.15, 0.2) is 36.0 Å². The lowest BCUT2D eigenvalue weighted by atomic mass is 9.88. The Balaban J connectivity index is 1.52. The fourth-order valence-corrected chi connectivity index (χ4v) is 5.20. The summed E-state index contributed by atoms with van der Waals surface area (Å²) in [6.07, 6.45) is 8.97. The molecule has 1 amide bonds. The molecule has 0 aromatic rings. The van der Waals surface area contributed by atoms with Gasteiger partial charge in [0.15, 0.2) is 0 Å². The van der Waals surface area contributed by atoms with Gasteiger partial charge in [-0.2, -0.15) is 0 Å². The molecule has 218 valence electrons. The molecule has 3 fully saturated rings. The van der Waals surface area contributed by atoms with Crippen molar-refractivity contribution in [2.45, 2.75) is 109 Å². The van der Waals surface area contributed by atoms with Crippen LogP contribution in [0.3, 0.4) is 0 Å². The molecule has 0 aliphatic carbocycles. The molecule has 10 heteroatoms. The predicted octanol–water partition coefficient (Wildman–Crippen LogP) is 3.15. The van der Waals surface area contributed by atoms with Crippen LogP contribution in [0.1, 0.15) is 60.8 Å². The Kier molecular flexibility index (Phi) is 10.9. The molecule has 3 aliphatic rings. The van der Waals surface area contributed by atoms with E-state index in [1.54, 1.807) is 20.1 Å². The van der Waals surface area contributed by atoms with Gasteiger partial charge >= 0.3 is 11.9 Å². The highest BCUT2D eigenvalue weighted by atomic mass is 16.7. The molecule has 0 aromatic heterocycles. The maximum absolute atomic E-state index is 12.4. The van der Waals surface area contributed by atoms with Crippen molar-refractivity contribution in [2.75, 3.05) is 13.7 Å². The smallest absolute Gasteiger partial charge is 0.304 e. The van der Waals surface area contributed by atoms with Gasteiger partial charge in [-0.1, -0.05) is 30.7 Å². The molecular weight excluding hydrogens is 506 g/mol. The van der Waals surface area contributed by atoms with Crippen molar-refractivity contribution in [1.29, 1.82) is 0 Å². The first-order chi connectivity index (χ1) is 18.4. The number of esters is 2. The standard InChI is InChI=1S/C29H43NO9/c1-17(9-12-25-28(34-7)29(16-35-29)15-27(39-25)38-22(6)32)8-11-24-18(2)14-23(20(4)37-24)30-26(33)13-10-19(3)36-21(5)31/h8-10,12-13,18-20,23-25,27-28H,11,14-16H2,1-7H3,(H,30,33)/b12-9+,13-10-,17-8+/t18-,19-,20+,23+,24-,25+,27+,28+,29+/m0/s1. The van der Waals surface area contributed by atoms with Crippen molar-refractivity contribution >= 4 is 17.8 Å². The van der Waals surface area contributed by atoms with E-state index in [1.807, 2.05) is 26.0 Å². The van der Waals surface area contributed by atoms with Gasteiger partial charge in [0.2, 0.25) is 12.2 Å². The third-order valence-electron chi connectivity index (χ3n) is 7.34. The molecule has 1 N–H and O–H groups in total. The van der Waals surface area contributed by atoms with Crippen molar-refractivity contribution in [3.8, 4) is 0 Å². The first-order valence-corrected chi connectivity index (χ1v) is 13.6. The lowest BCUT2D eigenvalue weighted by Gasteiger charge is -2.39. The van der Waals surface area contributed by atoms with Crippen molar-refractivity contribution in [2.24, 2.45) is 5.92 Å². The Morgan fingerprint density at radius 1 is 1.10 bits per heavy atom. The quantitative estimate of drug-likeness (QED) is 0.190. The maximum atomic E-state index is 12.4. The summed E-state index contributed by atoms with van der Waals surface area (Å²) in [5, 5.41) is 3.00. The molecule has 0 saturated carbocycles. The van der Waals surface area contributed by atoms with Gasteiger partial charge < -0.3 is 33.7 Å². The van der Waals surface area contributed by atoms with Crippen molar-refractivity contribution in [3.63, 3.8) is 0 Å². The number of hydrogen-bond acceptors (Lipinski definition) is 9. The average Bonchev–Trinajstić information content (AvgIpc) is 3.60. The number of epoxide rings is 1. The minimum atomic E-state index is -0.672. The summed E-state index contributed by atoms with van der Waals surface area (Å²) in [5.41, 5.74) is 0.559. The Morgan fingerprint density at radius 2 is 1.82 bits per heavy atom. The third kappa shape index (κ3) is 8.99. The lowest BCUT2D eigenvalue weighted by molar-refractivity contribution is -0.230. The van der Waals surface area contributed by atoms with E-state index in [4.69, 9.17) is 28.4 Å². The zero-order valence-electron chi connectivity index (χ0n) is 24.0. The van der Waals surface area contributed by atoms with E-state index in [9.17, 15) is 14.4 Å². The van der Waals surface area contributed by atoms with Gasteiger partial charge in [0, 0.05) is 33.5 Å². The Bertz CT molecular complexity index is 970. The zero-order chi connectivity index (χ0) is 28.7. The maximum Gasteiger partial charge on any atom is 0.304 e. The summed E-state index contributed by atoms with van der Waals surface area (Å²) in [6.45, 7) is 11.0. The number of carbonyl (C=O) groups excluding carboxylic acids is 3. The molecule has 3 saturated heterocycles. The highest BCUT2D eigenvalue weighted by Gasteiger charge is 2.60. The summed E-state index contributed by atoms with van der Waals surface area (Å²) in [4.78, 5) is 34.8. The van der Waals surface area contributed by atoms with Crippen LogP contribution in [-0.2, 0) is 42.8 Å². The summed E-state index contributed by atoms with van der Waals surface area (Å²) in [6, 6.07) is -0.112. The van der Waals surface area contributed by atoms with Gasteiger partial charge in [0.1, 0.15) is 23.9 Å². The van der Waals surface area contributed by atoms with Gasteiger partial charge in [-0.3, -0.25) is 14.4 Å². The van der Waals surface area contributed by atoms with Crippen LogP contribution in [-0.4, -0.2) is 80.0 Å². The molecule has 3 heterocycles. The molecule has 1 spiro atoms.